The molecular weight excluding hydrogens is 353 g/mol. The van der Waals surface area contributed by atoms with Crippen LogP contribution in [0.3, 0.4) is 0 Å². The van der Waals surface area contributed by atoms with E-state index in [9.17, 15) is 21.6 Å². The van der Waals surface area contributed by atoms with Crippen molar-refractivity contribution >= 4 is 15.7 Å². The van der Waals surface area contributed by atoms with E-state index in [1.165, 1.54) is 12.1 Å². The predicted molar refractivity (Wildman–Crippen MR) is 92.9 cm³/mol. The van der Waals surface area contributed by atoms with Gasteiger partial charge in [0.15, 0.2) is 0 Å². The summed E-state index contributed by atoms with van der Waals surface area (Å²) in [5, 5.41) is 2.73. The number of nitrogens with one attached hydrogen (secondary N) is 2. The van der Waals surface area contributed by atoms with Crippen LogP contribution in [0.4, 0.5) is 18.9 Å². The number of sulfonamides is 1. The lowest BCUT2D eigenvalue weighted by molar-refractivity contribution is -0.137. The Labute approximate surface area is 147 Å². The molecule has 25 heavy (non-hydrogen) atoms. The first-order chi connectivity index (χ1) is 11.6. The maximum Gasteiger partial charge on any atom is 0.416 e. The van der Waals surface area contributed by atoms with Crippen molar-refractivity contribution in [2.75, 3.05) is 11.9 Å². The Balaban J connectivity index is 1.77. The van der Waals surface area contributed by atoms with Gasteiger partial charge in [0.2, 0.25) is 10.0 Å². The second-order valence-corrected chi connectivity index (χ2v) is 9.15. The summed E-state index contributed by atoms with van der Waals surface area (Å²) in [6, 6.07) is 4.99. The van der Waals surface area contributed by atoms with Gasteiger partial charge in [-0.15, -0.1) is 0 Å². The topological polar surface area (TPSA) is 58.2 Å². The Bertz CT molecular complexity index is 649. The van der Waals surface area contributed by atoms with Gasteiger partial charge in [0.1, 0.15) is 0 Å². The monoisotopic (exact) mass is 378 g/mol. The van der Waals surface area contributed by atoms with Crippen LogP contribution >= 0.6 is 0 Å². The van der Waals surface area contributed by atoms with Crippen molar-refractivity contribution in [3.8, 4) is 0 Å². The van der Waals surface area contributed by atoms with Gasteiger partial charge in [-0.1, -0.05) is 0 Å². The minimum Gasteiger partial charge on any atom is -0.385 e. The molecule has 1 aliphatic rings. The van der Waals surface area contributed by atoms with Crippen molar-refractivity contribution in [3.05, 3.63) is 29.8 Å². The summed E-state index contributed by atoms with van der Waals surface area (Å²) in [7, 11) is -3.24. The van der Waals surface area contributed by atoms with Crippen molar-refractivity contribution < 1.29 is 21.6 Å². The first-order valence-electron chi connectivity index (χ1n) is 8.50. The Kier molecular flexibility index (Phi) is 6.37. The van der Waals surface area contributed by atoms with Crippen LogP contribution < -0.4 is 10.0 Å². The minimum atomic E-state index is -4.32. The second-order valence-electron chi connectivity index (χ2n) is 6.89. The first kappa shape index (κ1) is 20.0. The van der Waals surface area contributed by atoms with Gasteiger partial charge in [-0.2, -0.15) is 13.2 Å². The molecule has 0 amide bonds. The largest absolute Gasteiger partial charge is 0.416 e. The molecule has 142 valence electrons. The maximum atomic E-state index is 12.5. The van der Waals surface area contributed by atoms with Gasteiger partial charge in [0, 0.05) is 18.3 Å². The number of halogens is 3. The molecule has 1 saturated carbocycles. The third-order valence-corrected chi connectivity index (χ3v) is 6.51. The van der Waals surface area contributed by atoms with Gasteiger partial charge in [-0.05, 0) is 69.7 Å². The van der Waals surface area contributed by atoms with Crippen molar-refractivity contribution in [3.63, 3.8) is 0 Å². The normalized spacial score (nSPS) is 22.2. The number of anilines is 1. The number of rotatable bonds is 6. The third-order valence-electron chi connectivity index (χ3n) is 4.61. The molecule has 0 atom stereocenters. The summed E-state index contributed by atoms with van der Waals surface area (Å²) in [6.45, 7) is 3.99. The van der Waals surface area contributed by atoms with E-state index in [1.807, 2.05) is 0 Å². The highest BCUT2D eigenvalue weighted by Gasteiger charge is 2.30. The molecule has 2 N–H and O–H groups in total. The van der Waals surface area contributed by atoms with E-state index >= 15 is 0 Å². The molecule has 4 nitrogen and oxygen atoms in total. The van der Waals surface area contributed by atoms with Crippen molar-refractivity contribution in [1.29, 1.82) is 0 Å². The van der Waals surface area contributed by atoms with Gasteiger partial charge in [-0.25, -0.2) is 13.1 Å². The molecule has 0 aliphatic heterocycles. The molecule has 0 radical (unpaired) electrons. The Morgan fingerprint density at radius 2 is 1.64 bits per heavy atom. The van der Waals surface area contributed by atoms with E-state index in [2.05, 4.69) is 10.0 Å². The van der Waals surface area contributed by atoms with Crippen LogP contribution in [-0.4, -0.2) is 26.3 Å². The van der Waals surface area contributed by atoms with E-state index in [4.69, 9.17) is 0 Å². The standard InChI is InChI=1S/C17H25F3N2O2S/c1-12(2)25(23,24)22-16-7-3-13(4-8-16)11-21-15-9-5-14(6-10-15)17(18,19)20/h5-6,9-10,12-13,16,21-22H,3-4,7-8,11H2,1-2H3. The summed E-state index contributed by atoms with van der Waals surface area (Å²) in [6.07, 6.45) is -0.977. The molecule has 0 unspecified atom stereocenters. The van der Waals surface area contributed by atoms with Crippen LogP contribution in [-0.2, 0) is 16.2 Å². The molecule has 1 aromatic carbocycles. The zero-order chi connectivity index (χ0) is 18.7. The van der Waals surface area contributed by atoms with E-state index in [-0.39, 0.29) is 6.04 Å². The predicted octanol–water partition coefficient (Wildman–Crippen LogP) is 4.00. The van der Waals surface area contributed by atoms with Crippen molar-refractivity contribution in [1.82, 2.24) is 4.72 Å². The summed E-state index contributed by atoms with van der Waals surface area (Å²) in [5.41, 5.74) is 0.00614. The van der Waals surface area contributed by atoms with Crippen molar-refractivity contribution in [2.45, 2.75) is 57.0 Å². The highest BCUT2D eigenvalue weighted by molar-refractivity contribution is 7.90. The van der Waals surface area contributed by atoms with Crippen LogP contribution in [0.15, 0.2) is 24.3 Å². The summed E-state index contributed by atoms with van der Waals surface area (Å²) >= 11 is 0. The average Bonchev–Trinajstić information content (AvgIpc) is 2.53. The van der Waals surface area contributed by atoms with Crippen LogP contribution in [0.2, 0.25) is 0 Å². The molecule has 1 aliphatic carbocycles. The van der Waals surface area contributed by atoms with E-state index in [0.29, 0.717) is 18.2 Å². The quantitative estimate of drug-likeness (QED) is 0.787. The zero-order valence-corrected chi connectivity index (χ0v) is 15.3. The highest BCUT2D eigenvalue weighted by atomic mass is 32.2. The smallest absolute Gasteiger partial charge is 0.385 e. The lowest BCUT2D eigenvalue weighted by atomic mass is 9.86. The molecule has 0 spiro atoms. The lowest BCUT2D eigenvalue weighted by Gasteiger charge is -2.29. The van der Waals surface area contributed by atoms with Gasteiger partial charge >= 0.3 is 6.18 Å². The molecule has 2 rings (SSSR count). The van der Waals surface area contributed by atoms with Gasteiger partial charge in [0.05, 0.1) is 10.8 Å². The van der Waals surface area contributed by atoms with Gasteiger partial charge < -0.3 is 5.32 Å². The molecule has 0 bridgehead atoms. The summed E-state index contributed by atoms with van der Waals surface area (Å²) in [4.78, 5) is 0. The van der Waals surface area contributed by atoms with Gasteiger partial charge in [0.25, 0.3) is 0 Å². The second kappa shape index (κ2) is 7.95. The van der Waals surface area contributed by atoms with E-state index in [1.54, 1.807) is 13.8 Å². The fourth-order valence-corrected chi connectivity index (χ4v) is 3.86. The highest BCUT2D eigenvalue weighted by Crippen LogP contribution is 2.30. The number of alkyl halides is 3. The van der Waals surface area contributed by atoms with Crippen LogP contribution in [0.25, 0.3) is 0 Å². The van der Waals surface area contributed by atoms with E-state index < -0.39 is 27.0 Å². The Morgan fingerprint density at radius 1 is 1.08 bits per heavy atom. The number of hydrogen-bond donors (Lipinski definition) is 2. The van der Waals surface area contributed by atoms with Crippen LogP contribution in [0.1, 0.15) is 45.1 Å². The van der Waals surface area contributed by atoms with Crippen LogP contribution in [0, 0.1) is 5.92 Å². The van der Waals surface area contributed by atoms with Gasteiger partial charge in [-0.3, -0.25) is 0 Å². The molecule has 0 heterocycles. The third kappa shape index (κ3) is 5.88. The Morgan fingerprint density at radius 3 is 2.12 bits per heavy atom. The Hall–Kier alpha value is -1.28. The maximum absolute atomic E-state index is 12.5. The molecule has 0 saturated heterocycles. The van der Waals surface area contributed by atoms with Crippen molar-refractivity contribution in [2.24, 2.45) is 5.92 Å². The molecular formula is C17H25F3N2O2S. The number of benzene rings is 1. The first-order valence-corrected chi connectivity index (χ1v) is 10.0. The zero-order valence-electron chi connectivity index (χ0n) is 14.4. The fourth-order valence-electron chi connectivity index (χ4n) is 2.89. The van der Waals surface area contributed by atoms with Crippen LogP contribution in [0.5, 0.6) is 0 Å². The fraction of sp³-hybridized carbons (Fsp3) is 0.647. The molecule has 8 heteroatoms. The van der Waals surface area contributed by atoms with E-state index in [0.717, 1.165) is 37.8 Å². The molecule has 1 fully saturated rings. The molecule has 1 aromatic rings. The summed E-state index contributed by atoms with van der Waals surface area (Å²) < 4.78 is 64.1. The minimum absolute atomic E-state index is 0.0188. The lowest BCUT2D eigenvalue weighted by Crippen LogP contribution is -2.41. The average molecular weight is 378 g/mol. The number of hydrogen-bond acceptors (Lipinski definition) is 3. The SMILES string of the molecule is CC(C)S(=O)(=O)NC1CCC(CNc2ccc(C(F)(F)F)cc2)CC1. The molecule has 0 aromatic heterocycles. The summed E-state index contributed by atoms with van der Waals surface area (Å²) in [5.74, 6) is 0.391.